The number of rotatable bonds is 2. The molecule has 0 radical (unpaired) electrons. The lowest BCUT2D eigenvalue weighted by atomic mass is 10.0. The molecule has 1 aromatic heterocycles. The molecule has 0 fully saturated rings. The van der Waals surface area contributed by atoms with Crippen LogP contribution in [0.3, 0.4) is 0 Å². The van der Waals surface area contributed by atoms with Gasteiger partial charge >= 0.3 is 0 Å². The molecule has 2 N–H and O–H groups in total. The topological polar surface area (TPSA) is 38.9 Å². The minimum atomic E-state index is -0.321. The normalized spacial score (nSPS) is 10.3. The van der Waals surface area contributed by atoms with Crippen LogP contribution in [0.4, 0.5) is 4.39 Å². The highest BCUT2D eigenvalue weighted by Crippen LogP contribution is 2.25. The molecule has 1 aromatic carbocycles. The summed E-state index contributed by atoms with van der Waals surface area (Å²) in [6, 6.07) is 9.18. The summed E-state index contributed by atoms with van der Waals surface area (Å²) in [7, 11) is 0. The van der Waals surface area contributed by atoms with Crippen molar-refractivity contribution in [1.82, 2.24) is 4.98 Å². The standard InChI is InChI=1S/C12H11FN2/c13-12-8-15-6-5-11(12)10-4-2-1-3-9(10)7-14/h1-6,8H,7,14H2. The number of hydrogen-bond donors (Lipinski definition) is 1. The Bertz CT molecular complexity index is 469. The highest BCUT2D eigenvalue weighted by atomic mass is 19.1. The van der Waals surface area contributed by atoms with E-state index in [1.807, 2.05) is 24.3 Å². The maximum Gasteiger partial charge on any atom is 0.149 e. The summed E-state index contributed by atoms with van der Waals surface area (Å²) >= 11 is 0. The molecule has 0 unspecified atom stereocenters. The highest BCUT2D eigenvalue weighted by molar-refractivity contribution is 5.67. The predicted molar refractivity (Wildman–Crippen MR) is 57.5 cm³/mol. The molecular formula is C12H11FN2. The van der Waals surface area contributed by atoms with Crippen LogP contribution in [0, 0.1) is 5.82 Å². The van der Waals surface area contributed by atoms with E-state index < -0.39 is 0 Å². The first-order valence-electron chi connectivity index (χ1n) is 4.71. The summed E-state index contributed by atoms with van der Waals surface area (Å²) in [6.45, 7) is 0.401. The van der Waals surface area contributed by atoms with E-state index in [-0.39, 0.29) is 5.82 Å². The molecule has 2 rings (SSSR count). The quantitative estimate of drug-likeness (QED) is 0.811. The second kappa shape index (κ2) is 4.19. The second-order valence-electron chi connectivity index (χ2n) is 3.22. The van der Waals surface area contributed by atoms with Crippen LogP contribution in [0.25, 0.3) is 11.1 Å². The van der Waals surface area contributed by atoms with Crippen molar-refractivity contribution in [2.75, 3.05) is 0 Å². The van der Waals surface area contributed by atoms with Gasteiger partial charge in [-0.1, -0.05) is 24.3 Å². The van der Waals surface area contributed by atoms with Gasteiger partial charge in [0, 0.05) is 18.3 Å². The van der Waals surface area contributed by atoms with Crippen LogP contribution in [-0.2, 0) is 6.54 Å². The van der Waals surface area contributed by atoms with Gasteiger partial charge in [-0.15, -0.1) is 0 Å². The third-order valence-electron chi connectivity index (χ3n) is 2.30. The van der Waals surface area contributed by atoms with Gasteiger partial charge in [-0.2, -0.15) is 0 Å². The van der Waals surface area contributed by atoms with Crippen molar-refractivity contribution < 1.29 is 4.39 Å². The molecule has 1 heterocycles. The van der Waals surface area contributed by atoms with Gasteiger partial charge in [0.25, 0.3) is 0 Å². The first-order chi connectivity index (χ1) is 7.33. The lowest BCUT2D eigenvalue weighted by Gasteiger charge is -2.07. The van der Waals surface area contributed by atoms with Gasteiger partial charge in [-0.05, 0) is 17.2 Å². The van der Waals surface area contributed by atoms with Crippen molar-refractivity contribution in [2.45, 2.75) is 6.54 Å². The van der Waals surface area contributed by atoms with Crippen LogP contribution >= 0.6 is 0 Å². The smallest absolute Gasteiger partial charge is 0.149 e. The molecular weight excluding hydrogens is 191 g/mol. The molecule has 0 aliphatic carbocycles. The van der Waals surface area contributed by atoms with Crippen molar-refractivity contribution in [1.29, 1.82) is 0 Å². The first-order valence-corrected chi connectivity index (χ1v) is 4.71. The molecule has 0 spiro atoms. The Kier molecular flexibility index (Phi) is 2.74. The van der Waals surface area contributed by atoms with Gasteiger partial charge in [0.15, 0.2) is 0 Å². The summed E-state index contributed by atoms with van der Waals surface area (Å²) in [4.78, 5) is 3.72. The zero-order chi connectivity index (χ0) is 10.7. The van der Waals surface area contributed by atoms with Crippen molar-refractivity contribution in [2.24, 2.45) is 5.73 Å². The molecule has 2 aromatic rings. The lowest BCUT2D eigenvalue weighted by Crippen LogP contribution is -1.99. The van der Waals surface area contributed by atoms with Crippen LogP contribution in [0.1, 0.15) is 5.56 Å². The van der Waals surface area contributed by atoms with E-state index in [0.29, 0.717) is 12.1 Å². The van der Waals surface area contributed by atoms with E-state index in [1.165, 1.54) is 6.20 Å². The van der Waals surface area contributed by atoms with Crippen molar-refractivity contribution >= 4 is 0 Å². The maximum atomic E-state index is 13.5. The number of pyridine rings is 1. The summed E-state index contributed by atoms with van der Waals surface area (Å²) in [5.74, 6) is -0.321. The van der Waals surface area contributed by atoms with Gasteiger partial charge in [0.05, 0.1) is 6.20 Å². The minimum absolute atomic E-state index is 0.321. The fourth-order valence-electron chi connectivity index (χ4n) is 1.55. The van der Waals surface area contributed by atoms with Crippen LogP contribution < -0.4 is 5.73 Å². The number of benzene rings is 1. The predicted octanol–water partition coefficient (Wildman–Crippen LogP) is 2.35. The third kappa shape index (κ3) is 1.87. The number of hydrogen-bond acceptors (Lipinski definition) is 2. The van der Waals surface area contributed by atoms with Gasteiger partial charge < -0.3 is 5.73 Å². The molecule has 15 heavy (non-hydrogen) atoms. The molecule has 76 valence electrons. The van der Waals surface area contributed by atoms with E-state index in [0.717, 1.165) is 11.1 Å². The Morgan fingerprint density at radius 2 is 1.93 bits per heavy atom. The van der Waals surface area contributed by atoms with E-state index >= 15 is 0 Å². The van der Waals surface area contributed by atoms with Crippen molar-refractivity contribution in [3.05, 3.63) is 54.1 Å². The largest absolute Gasteiger partial charge is 0.326 e. The van der Waals surface area contributed by atoms with E-state index in [9.17, 15) is 4.39 Å². The zero-order valence-electron chi connectivity index (χ0n) is 8.15. The molecule has 0 bridgehead atoms. The van der Waals surface area contributed by atoms with E-state index in [4.69, 9.17) is 5.73 Å². The van der Waals surface area contributed by atoms with E-state index in [1.54, 1.807) is 12.3 Å². The number of aromatic nitrogens is 1. The first kappa shape index (κ1) is 9.80. The molecule has 0 amide bonds. The molecule has 0 saturated heterocycles. The molecule has 2 nitrogen and oxygen atoms in total. The average molecular weight is 202 g/mol. The molecule has 0 atom stereocenters. The number of nitrogens with zero attached hydrogens (tertiary/aromatic N) is 1. The molecule has 0 aliphatic rings. The fraction of sp³-hybridized carbons (Fsp3) is 0.0833. The van der Waals surface area contributed by atoms with E-state index in [2.05, 4.69) is 4.98 Å². The van der Waals surface area contributed by atoms with Crippen molar-refractivity contribution in [3.63, 3.8) is 0 Å². The number of nitrogens with two attached hydrogens (primary N) is 1. The summed E-state index contributed by atoms with van der Waals surface area (Å²) in [6.07, 6.45) is 2.79. The van der Waals surface area contributed by atoms with Crippen LogP contribution in [0.5, 0.6) is 0 Å². The molecule has 0 saturated carbocycles. The summed E-state index contributed by atoms with van der Waals surface area (Å²) < 4.78 is 13.5. The Morgan fingerprint density at radius 3 is 2.67 bits per heavy atom. The van der Waals surface area contributed by atoms with Gasteiger partial charge in [-0.3, -0.25) is 4.98 Å². The number of halogens is 1. The Labute approximate surface area is 87.6 Å². The molecule has 3 heteroatoms. The Morgan fingerprint density at radius 1 is 1.13 bits per heavy atom. The van der Waals surface area contributed by atoms with Gasteiger partial charge in [0.1, 0.15) is 5.82 Å². The van der Waals surface area contributed by atoms with Crippen LogP contribution in [0.15, 0.2) is 42.7 Å². The summed E-state index contributed by atoms with van der Waals surface area (Å²) in [5, 5.41) is 0. The monoisotopic (exact) mass is 202 g/mol. The zero-order valence-corrected chi connectivity index (χ0v) is 8.15. The second-order valence-corrected chi connectivity index (χ2v) is 3.22. The third-order valence-corrected chi connectivity index (χ3v) is 2.30. The van der Waals surface area contributed by atoms with Gasteiger partial charge in [-0.25, -0.2) is 4.39 Å². The minimum Gasteiger partial charge on any atom is -0.326 e. The molecule has 0 aliphatic heterocycles. The average Bonchev–Trinajstić information content (AvgIpc) is 2.30. The van der Waals surface area contributed by atoms with Crippen LogP contribution in [0.2, 0.25) is 0 Å². The summed E-state index contributed by atoms with van der Waals surface area (Å²) in [5.41, 5.74) is 7.91. The Hall–Kier alpha value is -1.74. The van der Waals surface area contributed by atoms with Crippen molar-refractivity contribution in [3.8, 4) is 11.1 Å². The lowest BCUT2D eigenvalue weighted by molar-refractivity contribution is 0.625. The van der Waals surface area contributed by atoms with Gasteiger partial charge in [0.2, 0.25) is 0 Å². The van der Waals surface area contributed by atoms with Crippen LogP contribution in [-0.4, -0.2) is 4.98 Å². The maximum absolute atomic E-state index is 13.5. The Balaban J connectivity index is 2.59. The highest BCUT2D eigenvalue weighted by Gasteiger charge is 2.07. The SMILES string of the molecule is NCc1ccccc1-c1ccncc1F. The fourth-order valence-corrected chi connectivity index (χ4v) is 1.55.